The molecule has 5 heteroatoms. The smallest absolute Gasteiger partial charge is 0.200 e. The number of aromatic nitrogens is 5. The second-order valence-corrected chi connectivity index (χ2v) is 42.0. The van der Waals surface area contributed by atoms with Gasteiger partial charge in [-0.2, -0.15) is 13.7 Å². The number of pyridine rings is 5. The van der Waals surface area contributed by atoms with Crippen LogP contribution >= 0.6 is 0 Å². The van der Waals surface area contributed by atoms with Gasteiger partial charge in [0, 0.05) is 59.7 Å². The molecule has 684 valence electrons. The molecule has 19 rings (SSSR count). The van der Waals surface area contributed by atoms with Crippen molar-refractivity contribution in [3.8, 4) is 56.3 Å². The monoisotopic (exact) mass is 1750 g/mol. The first kappa shape index (κ1) is 93.1. The molecule has 15 aromatic rings. The van der Waals surface area contributed by atoms with Crippen molar-refractivity contribution in [1.29, 1.82) is 0 Å². The normalized spacial score (nSPS) is 14.7. The Morgan fingerprint density at radius 1 is 0.242 bits per heavy atom. The van der Waals surface area contributed by atoms with Gasteiger partial charge in [0.05, 0.1) is 43.6 Å². The average Bonchev–Trinajstić information content (AvgIpc) is 1.10. The number of aryl methyl sites for hydroxylation is 12. The first-order valence-electron chi connectivity index (χ1n) is 51.4. The van der Waals surface area contributed by atoms with Crippen LogP contribution in [-0.2, 0) is 35.2 Å². The fraction of sp³-hybridized carbons (Fsp3) is 0.409. The van der Waals surface area contributed by atoms with Crippen molar-refractivity contribution in [2.75, 3.05) is 0 Å². The lowest BCUT2D eigenvalue weighted by molar-refractivity contribution is -0.666. The second kappa shape index (κ2) is 40.2. The largest absolute Gasteiger partial charge is 0.220 e. The summed E-state index contributed by atoms with van der Waals surface area (Å²) >= 11 is 0. The van der Waals surface area contributed by atoms with E-state index in [9.17, 15) is 0 Å². The van der Waals surface area contributed by atoms with Crippen LogP contribution in [0.2, 0.25) is 0 Å². The van der Waals surface area contributed by atoms with Gasteiger partial charge < -0.3 is 0 Å². The molecule has 0 amide bonds. The van der Waals surface area contributed by atoms with Gasteiger partial charge in [-0.1, -0.05) is 219 Å². The molecule has 4 aliphatic carbocycles. The van der Waals surface area contributed by atoms with E-state index in [-0.39, 0.29) is 0 Å². The molecule has 0 unspecified atom stereocenters. The average molecular weight is 1750 g/mol. The Balaban J connectivity index is 0.000000128. The quantitative estimate of drug-likeness (QED) is 0.109. The van der Waals surface area contributed by atoms with Crippen LogP contribution in [0.3, 0.4) is 0 Å². The van der Waals surface area contributed by atoms with Gasteiger partial charge in [-0.05, 0) is 362 Å². The number of benzene rings is 10. The van der Waals surface area contributed by atoms with Crippen LogP contribution in [0.25, 0.3) is 110 Å². The summed E-state index contributed by atoms with van der Waals surface area (Å²) in [6.07, 6.45) is 23.0. The maximum atomic E-state index is 8.91. The van der Waals surface area contributed by atoms with Gasteiger partial charge in [0.25, 0.3) is 0 Å². The first-order valence-corrected chi connectivity index (χ1v) is 50.4. The van der Waals surface area contributed by atoms with E-state index >= 15 is 0 Å². The Morgan fingerprint density at radius 3 is 0.955 bits per heavy atom. The Labute approximate surface area is 797 Å². The van der Waals surface area contributed by atoms with E-state index in [1.54, 1.807) is 11.1 Å². The van der Waals surface area contributed by atoms with E-state index < -0.39 is 0 Å². The lowest BCUT2D eigenvalue weighted by Gasteiger charge is -2.19. The minimum atomic E-state index is 0.475. The third-order valence-corrected chi connectivity index (χ3v) is 32.2. The van der Waals surface area contributed by atoms with Crippen molar-refractivity contribution < 1.29 is 25.6 Å². The SMILES string of the molecule is Cc1cc(C)c(C)c(-c2c3ccc(C4CCCC4)cc3c(C)c(C)[n+]2C)c1.Cc1ccc(C)c(-c2c3ccc(C4CCCC4)cc3c(C)c(C)[n+]2C)c1.Cc1ccccc1-c1c2ccc(C3CCCC3)cc2c(C)c(C)[n+]1C.[2H]c1c(C)c2cc(C(C)C)ccc2c(-c2cc(C)cc(C)c2C)[n+]1C.[2H]c1c(C)c2cc(C3CCCC3)ccc2c(-c2cc(C(C)C)cc(C(C)C)c2C)[n+]1C. The molecule has 4 fully saturated rings. The van der Waals surface area contributed by atoms with Crippen molar-refractivity contribution >= 4 is 53.9 Å². The summed E-state index contributed by atoms with van der Waals surface area (Å²) in [5.41, 5.74) is 46.9. The molecule has 5 heterocycles. The third kappa shape index (κ3) is 19.3. The Morgan fingerprint density at radius 2 is 0.568 bits per heavy atom. The van der Waals surface area contributed by atoms with Crippen LogP contribution < -0.4 is 22.8 Å². The summed E-state index contributed by atoms with van der Waals surface area (Å²) in [6, 6.07) is 65.0. The molecule has 132 heavy (non-hydrogen) atoms. The van der Waals surface area contributed by atoms with Crippen molar-refractivity contribution in [2.45, 2.75) is 310 Å². The van der Waals surface area contributed by atoms with Crippen molar-refractivity contribution in [2.24, 2.45) is 35.2 Å². The van der Waals surface area contributed by atoms with E-state index in [1.165, 1.54) is 324 Å². The number of fused-ring (bicyclic) bond motifs is 5. The van der Waals surface area contributed by atoms with Crippen LogP contribution in [0.4, 0.5) is 0 Å². The predicted molar refractivity (Wildman–Crippen MR) is 565 cm³/mol. The molecule has 0 radical (unpaired) electrons. The first-order chi connectivity index (χ1) is 63.8. The van der Waals surface area contributed by atoms with Crippen LogP contribution in [-0.4, -0.2) is 0 Å². The summed E-state index contributed by atoms with van der Waals surface area (Å²) in [5, 5.41) is 13.4. The summed E-state index contributed by atoms with van der Waals surface area (Å²) in [5.74, 6) is 4.41. The summed E-state index contributed by atoms with van der Waals surface area (Å²) in [6.45, 7) is 53.4. The van der Waals surface area contributed by atoms with Crippen LogP contribution in [0.1, 0.15) is 328 Å². The van der Waals surface area contributed by atoms with Gasteiger partial charge in [0.1, 0.15) is 38.0 Å². The molecule has 4 saturated carbocycles. The fourth-order valence-electron chi connectivity index (χ4n) is 23.3. The zero-order chi connectivity index (χ0) is 96.2. The molecule has 0 bridgehead atoms. The van der Waals surface area contributed by atoms with Gasteiger partial charge >= 0.3 is 0 Å². The molecule has 0 saturated heterocycles. The zero-order valence-electron chi connectivity index (χ0n) is 88.3. The number of hydrogen-bond donors (Lipinski definition) is 0. The summed E-state index contributed by atoms with van der Waals surface area (Å²) in [7, 11) is 10.7. The van der Waals surface area contributed by atoms with E-state index in [0.717, 1.165) is 34.6 Å². The molecule has 0 N–H and O–H groups in total. The van der Waals surface area contributed by atoms with E-state index in [1.807, 2.05) is 11.6 Å². The highest BCUT2D eigenvalue weighted by Crippen LogP contribution is 2.46. The molecule has 5 nitrogen and oxygen atoms in total. The zero-order valence-corrected chi connectivity index (χ0v) is 86.3. The number of hydrogen-bond acceptors (Lipinski definition) is 0. The highest BCUT2D eigenvalue weighted by Gasteiger charge is 2.32. The van der Waals surface area contributed by atoms with E-state index in [4.69, 9.17) is 2.74 Å². The lowest BCUT2D eigenvalue weighted by atomic mass is 9.86. The topological polar surface area (TPSA) is 19.4 Å². The molecule has 0 spiro atoms. The lowest BCUT2D eigenvalue weighted by Crippen LogP contribution is -2.36. The molecule has 0 aliphatic heterocycles. The highest BCUT2D eigenvalue weighted by atomic mass is 15.0. The Kier molecular flexibility index (Phi) is 28.3. The molecule has 10 aromatic carbocycles. The standard InChI is InChI=1S/C29H38N.C26H32N.C25H30N.C24H28N.C23H28N/c1-18(2)24-15-26(19(3)4)21(6)28(16-24)29-25-13-12-23(22-10-8-9-11-22)14-27(25)20(5)17-30(29)7;1-16-13-17(2)18(3)25(14-16)26-23-12-11-22(21-9-7-8-10-21)15-24(23)19(4)20(5)27(26)6;1-16-10-11-17(2)23(14-16)25-22-13-12-21(20-8-6-7-9-20)15-24(22)18(3)19(4)26(25)5;1-16-9-5-8-12-21(16)24-22-14-13-20(19-10-6-7-11-19)15-23(22)17(2)18(3)25(24)4;1-14(2)19-8-9-20-21(12-19)17(5)13-24(7)23(20)22-11-15(3)10-16(4)18(22)6/h12-19,22H,8-11H2,1-7H3;11-15,21H,7-10H2,1-6H3;10-15,20H,6-9H2,1-5H3;5,8-9,12-15,19H,6-7,10-11H2,1-4H3;8-14H,1-7H3/q5*+1/i17D;;;;13D. The predicted octanol–water partition coefficient (Wildman–Crippen LogP) is 32.2. The molecule has 4 aliphatic rings. The van der Waals surface area contributed by atoms with Gasteiger partial charge in [-0.3, -0.25) is 0 Å². The van der Waals surface area contributed by atoms with Gasteiger partial charge in [0.2, 0.25) is 28.5 Å². The van der Waals surface area contributed by atoms with Gasteiger partial charge in [-0.15, -0.1) is 0 Å². The minimum Gasteiger partial charge on any atom is -0.200 e. The van der Waals surface area contributed by atoms with E-state index in [0.29, 0.717) is 36.0 Å². The summed E-state index contributed by atoms with van der Waals surface area (Å²) in [4.78, 5) is 0. The highest BCUT2D eigenvalue weighted by molar-refractivity contribution is 6.01. The Bertz CT molecular complexity index is 7040. The number of nitrogens with zero attached hydrogens (tertiary/aromatic N) is 5. The van der Waals surface area contributed by atoms with Crippen molar-refractivity contribution in [1.82, 2.24) is 0 Å². The van der Waals surface area contributed by atoms with Gasteiger partial charge in [0.15, 0.2) is 29.4 Å². The second-order valence-electron chi connectivity index (χ2n) is 42.0. The Hall–Kier alpha value is -10.8. The maximum Gasteiger partial charge on any atom is 0.220 e. The molecule has 5 aromatic heterocycles. The third-order valence-electron chi connectivity index (χ3n) is 32.2. The van der Waals surface area contributed by atoms with Crippen molar-refractivity contribution in [3.63, 3.8) is 0 Å². The maximum absolute atomic E-state index is 8.91. The van der Waals surface area contributed by atoms with E-state index in [2.05, 4.69) is 382 Å². The van der Waals surface area contributed by atoms with Crippen LogP contribution in [0, 0.1) is 125 Å². The molecular weight excluding hydrogens is 1600 g/mol. The molecular formula is C127H156N5+5. The summed E-state index contributed by atoms with van der Waals surface area (Å²) < 4.78 is 28.8. The molecule has 0 atom stereocenters. The van der Waals surface area contributed by atoms with Crippen LogP contribution in [0.15, 0.2) is 182 Å². The minimum absolute atomic E-state index is 0.475. The van der Waals surface area contributed by atoms with Crippen molar-refractivity contribution in [3.05, 3.63) is 322 Å². The van der Waals surface area contributed by atoms with Gasteiger partial charge in [-0.25, -0.2) is 9.13 Å². The fourth-order valence-corrected chi connectivity index (χ4v) is 23.3. The van der Waals surface area contributed by atoms with Crippen LogP contribution in [0.5, 0.6) is 0 Å². The number of rotatable bonds is 12.